The summed E-state index contributed by atoms with van der Waals surface area (Å²) >= 11 is 8.61. The van der Waals surface area contributed by atoms with Crippen LogP contribution in [0.5, 0.6) is 0 Å². The van der Waals surface area contributed by atoms with Crippen LogP contribution < -0.4 is 5.32 Å². The number of benzene rings is 1. The van der Waals surface area contributed by atoms with Crippen molar-refractivity contribution in [3.8, 4) is 10.4 Å². The largest absolute Gasteiger partial charge is 0.383 e. The summed E-state index contributed by atoms with van der Waals surface area (Å²) in [5, 5.41) is 4.14. The fraction of sp³-hybridized carbons (Fsp3) is 0.250. The summed E-state index contributed by atoms with van der Waals surface area (Å²) in [6.45, 7) is 1.45. The van der Waals surface area contributed by atoms with Gasteiger partial charge in [0.1, 0.15) is 0 Å². The molecule has 0 atom stereocenters. The van der Waals surface area contributed by atoms with E-state index in [1.807, 2.05) is 12.3 Å². The van der Waals surface area contributed by atoms with Crippen LogP contribution in [0.4, 0.5) is 5.13 Å². The second-order valence-corrected chi connectivity index (χ2v) is 6.32. The molecule has 2 aromatic rings. The van der Waals surface area contributed by atoms with E-state index in [9.17, 15) is 0 Å². The minimum atomic E-state index is 0.679. The second-order valence-electron chi connectivity index (χ2n) is 3.58. The Hall–Kier alpha value is -0.430. The summed E-state index contributed by atoms with van der Waals surface area (Å²) in [7, 11) is 1.69. The standard InChI is InChI=1S/C12H12Br2N2OS/c1-17-5-4-15-12-16-7-11(18-12)8-2-3-9(13)10(14)6-8/h2-3,6-7H,4-5H2,1H3,(H,15,16). The van der Waals surface area contributed by atoms with Gasteiger partial charge in [-0.05, 0) is 49.6 Å². The van der Waals surface area contributed by atoms with E-state index in [0.717, 1.165) is 31.1 Å². The van der Waals surface area contributed by atoms with Crippen molar-refractivity contribution in [1.82, 2.24) is 4.98 Å². The molecular formula is C12H12Br2N2OS. The third-order valence-electron chi connectivity index (χ3n) is 2.29. The molecule has 0 spiro atoms. The van der Waals surface area contributed by atoms with E-state index in [1.54, 1.807) is 18.4 Å². The van der Waals surface area contributed by atoms with Gasteiger partial charge < -0.3 is 10.1 Å². The first-order valence-electron chi connectivity index (χ1n) is 5.35. The lowest BCUT2D eigenvalue weighted by Gasteiger charge is -2.01. The number of methoxy groups -OCH3 is 1. The Labute approximate surface area is 127 Å². The number of anilines is 1. The summed E-state index contributed by atoms with van der Waals surface area (Å²) in [6.07, 6.45) is 1.88. The molecule has 0 aliphatic carbocycles. The fourth-order valence-electron chi connectivity index (χ4n) is 1.40. The minimum absolute atomic E-state index is 0.679. The van der Waals surface area contributed by atoms with Crippen LogP contribution >= 0.6 is 43.2 Å². The van der Waals surface area contributed by atoms with Crippen LogP contribution in [-0.4, -0.2) is 25.2 Å². The topological polar surface area (TPSA) is 34.1 Å². The highest BCUT2D eigenvalue weighted by Gasteiger charge is 2.06. The molecular weight excluding hydrogens is 380 g/mol. The van der Waals surface area contributed by atoms with Gasteiger partial charge in [-0.15, -0.1) is 0 Å². The maximum Gasteiger partial charge on any atom is 0.183 e. The third kappa shape index (κ3) is 3.54. The van der Waals surface area contributed by atoms with Gasteiger partial charge in [-0.1, -0.05) is 17.4 Å². The zero-order valence-electron chi connectivity index (χ0n) is 9.74. The van der Waals surface area contributed by atoms with Crippen molar-refractivity contribution in [3.63, 3.8) is 0 Å². The van der Waals surface area contributed by atoms with Crippen LogP contribution in [0, 0.1) is 0 Å². The molecule has 0 saturated heterocycles. The number of thiazole rings is 1. The molecule has 1 aromatic heterocycles. The lowest BCUT2D eigenvalue weighted by atomic mass is 10.2. The first-order chi connectivity index (χ1) is 8.70. The van der Waals surface area contributed by atoms with E-state index >= 15 is 0 Å². The predicted octanol–water partition coefficient (Wildman–Crippen LogP) is 4.39. The third-order valence-corrected chi connectivity index (χ3v) is 5.18. The number of hydrogen-bond donors (Lipinski definition) is 1. The molecule has 0 aliphatic heterocycles. The first kappa shape index (κ1) is 14.0. The minimum Gasteiger partial charge on any atom is -0.383 e. The summed E-state index contributed by atoms with van der Waals surface area (Å²) in [4.78, 5) is 5.48. The molecule has 0 amide bonds. The lowest BCUT2D eigenvalue weighted by molar-refractivity contribution is 0.211. The first-order valence-corrected chi connectivity index (χ1v) is 7.75. The van der Waals surface area contributed by atoms with Crippen molar-refractivity contribution in [2.24, 2.45) is 0 Å². The van der Waals surface area contributed by atoms with Gasteiger partial charge in [0.05, 0.1) is 11.5 Å². The average molecular weight is 392 g/mol. The normalized spacial score (nSPS) is 10.6. The molecule has 0 saturated carbocycles. The van der Waals surface area contributed by atoms with Crippen molar-refractivity contribution in [2.75, 3.05) is 25.6 Å². The van der Waals surface area contributed by atoms with Crippen molar-refractivity contribution in [1.29, 1.82) is 0 Å². The monoisotopic (exact) mass is 390 g/mol. The summed E-state index contributed by atoms with van der Waals surface area (Å²) < 4.78 is 7.08. The highest BCUT2D eigenvalue weighted by atomic mass is 79.9. The van der Waals surface area contributed by atoms with E-state index in [2.05, 4.69) is 54.3 Å². The molecule has 0 aliphatic rings. The van der Waals surface area contributed by atoms with Gasteiger partial charge in [-0.2, -0.15) is 0 Å². The second kappa shape index (κ2) is 6.65. The van der Waals surface area contributed by atoms with Crippen molar-refractivity contribution >= 4 is 48.3 Å². The van der Waals surface area contributed by atoms with Crippen LogP contribution in [0.1, 0.15) is 0 Å². The summed E-state index contributed by atoms with van der Waals surface area (Å²) in [5.41, 5.74) is 1.15. The van der Waals surface area contributed by atoms with Gasteiger partial charge in [0.2, 0.25) is 0 Å². The molecule has 1 N–H and O–H groups in total. The fourth-order valence-corrected chi connectivity index (χ4v) is 2.86. The van der Waals surface area contributed by atoms with Gasteiger partial charge in [0.25, 0.3) is 0 Å². The van der Waals surface area contributed by atoms with Gasteiger partial charge in [-0.3, -0.25) is 0 Å². The van der Waals surface area contributed by atoms with Crippen LogP contribution in [0.2, 0.25) is 0 Å². The number of ether oxygens (including phenoxy) is 1. The number of halogens is 2. The molecule has 0 fully saturated rings. The van der Waals surface area contributed by atoms with Crippen molar-refractivity contribution in [3.05, 3.63) is 33.3 Å². The van der Waals surface area contributed by atoms with E-state index in [4.69, 9.17) is 4.74 Å². The van der Waals surface area contributed by atoms with Crippen molar-refractivity contribution in [2.45, 2.75) is 0 Å². The Bertz CT molecular complexity index is 531. The molecule has 6 heteroatoms. The zero-order valence-corrected chi connectivity index (χ0v) is 13.7. The molecule has 0 radical (unpaired) electrons. The van der Waals surface area contributed by atoms with Crippen LogP contribution in [0.15, 0.2) is 33.3 Å². The molecule has 1 aromatic carbocycles. The molecule has 2 rings (SSSR count). The van der Waals surface area contributed by atoms with Gasteiger partial charge in [-0.25, -0.2) is 4.98 Å². The van der Waals surface area contributed by atoms with E-state index in [1.165, 1.54) is 0 Å². The van der Waals surface area contributed by atoms with Gasteiger partial charge in [0, 0.05) is 28.8 Å². The maximum absolute atomic E-state index is 4.99. The summed E-state index contributed by atoms with van der Waals surface area (Å²) in [6, 6.07) is 6.18. The molecule has 1 heterocycles. The molecule has 96 valence electrons. The SMILES string of the molecule is COCCNc1ncc(-c2ccc(Br)c(Br)c2)s1. The quantitative estimate of drug-likeness (QED) is 0.767. The Morgan fingerprint density at radius 1 is 1.33 bits per heavy atom. The van der Waals surface area contributed by atoms with E-state index in [0.29, 0.717) is 6.61 Å². The Kier molecular flexibility index (Phi) is 5.17. The molecule has 18 heavy (non-hydrogen) atoms. The number of rotatable bonds is 5. The lowest BCUT2D eigenvalue weighted by Crippen LogP contribution is -2.06. The van der Waals surface area contributed by atoms with Crippen molar-refractivity contribution < 1.29 is 4.74 Å². The number of nitrogens with zero attached hydrogens (tertiary/aromatic N) is 1. The van der Waals surface area contributed by atoms with Crippen LogP contribution in [-0.2, 0) is 4.74 Å². The Morgan fingerprint density at radius 3 is 2.89 bits per heavy atom. The highest BCUT2D eigenvalue weighted by Crippen LogP contribution is 2.33. The Balaban J connectivity index is 2.11. The highest BCUT2D eigenvalue weighted by molar-refractivity contribution is 9.13. The smallest absolute Gasteiger partial charge is 0.183 e. The number of nitrogens with one attached hydrogen (secondary N) is 1. The van der Waals surface area contributed by atoms with Gasteiger partial charge >= 0.3 is 0 Å². The molecule has 3 nitrogen and oxygen atoms in total. The average Bonchev–Trinajstić information content (AvgIpc) is 2.82. The molecule has 0 bridgehead atoms. The van der Waals surface area contributed by atoms with E-state index < -0.39 is 0 Å². The zero-order chi connectivity index (χ0) is 13.0. The van der Waals surface area contributed by atoms with Crippen LogP contribution in [0.25, 0.3) is 10.4 Å². The van der Waals surface area contributed by atoms with Crippen LogP contribution in [0.3, 0.4) is 0 Å². The van der Waals surface area contributed by atoms with E-state index in [-0.39, 0.29) is 0 Å². The molecule has 0 unspecified atom stereocenters. The predicted molar refractivity (Wildman–Crippen MR) is 83.3 cm³/mol. The Morgan fingerprint density at radius 2 is 2.17 bits per heavy atom. The maximum atomic E-state index is 4.99. The number of hydrogen-bond acceptors (Lipinski definition) is 4. The number of aromatic nitrogens is 1. The summed E-state index contributed by atoms with van der Waals surface area (Å²) in [5.74, 6) is 0. The van der Waals surface area contributed by atoms with Gasteiger partial charge in [0.15, 0.2) is 5.13 Å².